The quantitative estimate of drug-likeness (QED) is 0.884. The molecule has 0 aromatic heterocycles. The largest absolute Gasteiger partial charge is 0.495 e. The summed E-state index contributed by atoms with van der Waals surface area (Å²) in [6.07, 6.45) is 0. The topological polar surface area (TPSA) is 80.7 Å². The molecule has 0 heterocycles. The van der Waals surface area contributed by atoms with Crippen LogP contribution in [0, 0.1) is 5.92 Å². The van der Waals surface area contributed by atoms with Crippen LogP contribution < -0.4 is 4.74 Å². The van der Waals surface area contributed by atoms with Crippen LogP contribution in [0.15, 0.2) is 23.1 Å². The van der Waals surface area contributed by atoms with Gasteiger partial charge in [-0.2, -0.15) is 0 Å². The molecule has 0 aliphatic rings. The van der Waals surface area contributed by atoms with Crippen molar-refractivity contribution in [3.63, 3.8) is 0 Å². The van der Waals surface area contributed by atoms with Crippen LogP contribution in [0.4, 0.5) is 0 Å². The standard InChI is InChI=1S/C12H16O5S/c1-8(2)7-18(15,16)11-6-9(12(13)14)4-5-10(11)17-3/h4-6,8H,7H2,1-3H3,(H,13,14). The highest BCUT2D eigenvalue weighted by molar-refractivity contribution is 7.91. The number of sulfone groups is 1. The molecule has 6 heteroatoms. The van der Waals surface area contributed by atoms with Crippen LogP contribution >= 0.6 is 0 Å². The van der Waals surface area contributed by atoms with Gasteiger partial charge < -0.3 is 9.84 Å². The summed E-state index contributed by atoms with van der Waals surface area (Å²) in [5.74, 6) is -1.10. The van der Waals surface area contributed by atoms with Crippen molar-refractivity contribution in [3.05, 3.63) is 23.8 Å². The molecule has 0 saturated carbocycles. The lowest BCUT2D eigenvalue weighted by molar-refractivity contribution is 0.0696. The van der Waals surface area contributed by atoms with Gasteiger partial charge in [-0.3, -0.25) is 0 Å². The van der Waals surface area contributed by atoms with E-state index in [1.807, 2.05) is 0 Å². The minimum absolute atomic E-state index is 0.0480. The highest BCUT2D eigenvalue weighted by Crippen LogP contribution is 2.27. The summed E-state index contributed by atoms with van der Waals surface area (Å²) in [4.78, 5) is 10.8. The van der Waals surface area contributed by atoms with Crippen molar-refractivity contribution in [2.24, 2.45) is 5.92 Å². The second-order valence-corrected chi connectivity index (χ2v) is 6.35. The number of benzene rings is 1. The van der Waals surface area contributed by atoms with Gasteiger partial charge in [-0.05, 0) is 24.1 Å². The number of carbonyl (C=O) groups is 1. The molecule has 1 N–H and O–H groups in total. The molecule has 0 amide bonds. The Morgan fingerprint density at radius 3 is 2.44 bits per heavy atom. The highest BCUT2D eigenvalue weighted by atomic mass is 32.2. The number of carboxylic acid groups (broad SMARTS) is 1. The molecule has 0 radical (unpaired) electrons. The first-order valence-corrected chi connectivity index (χ1v) is 7.07. The van der Waals surface area contributed by atoms with Gasteiger partial charge in [-0.15, -0.1) is 0 Å². The fourth-order valence-corrected chi connectivity index (χ4v) is 3.40. The van der Waals surface area contributed by atoms with Crippen LogP contribution in [0.3, 0.4) is 0 Å². The van der Waals surface area contributed by atoms with Crippen LogP contribution in [0.2, 0.25) is 0 Å². The molecule has 0 aliphatic carbocycles. The zero-order chi connectivity index (χ0) is 13.9. The van der Waals surface area contributed by atoms with Gasteiger partial charge >= 0.3 is 5.97 Å². The maximum Gasteiger partial charge on any atom is 0.335 e. The zero-order valence-electron chi connectivity index (χ0n) is 10.5. The Balaban J connectivity index is 3.36. The molecule has 0 spiro atoms. The molecule has 0 aliphatic heterocycles. The van der Waals surface area contributed by atoms with Gasteiger partial charge in [0.15, 0.2) is 9.84 Å². The van der Waals surface area contributed by atoms with Crippen LogP contribution in [-0.4, -0.2) is 32.4 Å². The number of rotatable bonds is 5. The molecule has 0 fully saturated rings. The SMILES string of the molecule is COc1ccc(C(=O)O)cc1S(=O)(=O)CC(C)C. The second kappa shape index (κ2) is 5.39. The van der Waals surface area contributed by atoms with Gasteiger partial charge in [0.2, 0.25) is 0 Å². The van der Waals surface area contributed by atoms with Crippen molar-refractivity contribution in [1.29, 1.82) is 0 Å². The minimum atomic E-state index is -3.55. The van der Waals surface area contributed by atoms with E-state index in [9.17, 15) is 13.2 Å². The minimum Gasteiger partial charge on any atom is -0.495 e. The van der Waals surface area contributed by atoms with Gasteiger partial charge in [-0.1, -0.05) is 13.8 Å². The fourth-order valence-electron chi connectivity index (χ4n) is 1.58. The summed E-state index contributed by atoms with van der Waals surface area (Å²) in [7, 11) is -2.20. The second-order valence-electron chi connectivity index (χ2n) is 4.35. The van der Waals surface area contributed by atoms with Crippen LogP contribution in [0.5, 0.6) is 5.75 Å². The van der Waals surface area contributed by atoms with E-state index in [0.29, 0.717) is 0 Å². The van der Waals surface area contributed by atoms with Crippen molar-refractivity contribution in [1.82, 2.24) is 0 Å². The predicted molar refractivity (Wildman–Crippen MR) is 66.8 cm³/mol. The first-order valence-electron chi connectivity index (χ1n) is 5.42. The van der Waals surface area contributed by atoms with Crippen molar-refractivity contribution >= 4 is 15.8 Å². The molecule has 0 bridgehead atoms. The number of aromatic carboxylic acids is 1. The number of carboxylic acids is 1. The maximum absolute atomic E-state index is 12.1. The molecular weight excluding hydrogens is 256 g/mol. The van der Waals surface area contributed by atoms with Gasteiger partial charge in [0, 0.05) is 0 Å². The average Bonchev–Trinajstić information content (AvgIpc) is 2.26. The summed E-state index contributed by atoms with van der Waals surface area (Å²) in [6, 6.07) is 3.81. The Morgan fingerprint density at radius 1 is 1.39 bits per heavy atom. The third kappa shape index (κ3) is 3.22. The summed E-state index contributed by atoms with van der Waals surface area (Å²) in [5.41, 5.74) is -0.0712. The molecule has 1 aromatic rings. The first kappa shape index (κ1) is 14.5. The Labute approximate surface area is 106 Å². The molecule has 100 valence electrons. The highest BCUT2D eigenvalue weighted by Gasteiger charge is 2.22. The Morgan fingerprint density at radius 2 is 2.00 bits per heavy atom. The summed E-state index contributed by atoms with van der Waals surface area (Å²) >= 11 is 0. The Bertz CT molecular complexity index is 546. The van der Waals surface area contributed by atoms with Crippen LogP contribution in [-0.2, 0) is 9.84 Å². The first-order chi connectivity index (χ1) is 8.27. The molecule has 5 nitrogen and oxygen atoms in total. The van der Waals surface area contributed by atoms with E-state index in [4.69, 9.17) is 9.84 Å². The summed E-state index contributed by atoms with van der Waals surface area (Å²) in [5, 5.41) is 8.88. The zero-order valence-corrected chi connectivity index (χ0v) is 11.3. The number of hydrogen-bond donors (Lipinski definition) is 1. The third-order valence-corrected chi connectivity index (χ3v) is 4.39. The van der Waals surface area contributed by atoms with Gasteiger partial charge in [0.25, 0.3) is 0 Å². The lowest BCUT2D eigenvalue weighted by Gasteiger charge is -2.11. The normalized spacial score (nSPS) is 11.6. The van der Waals surface area contributed by atoms with E-state index >= 15 is 0 Å². The van der Waals surface area contributed by atoms with E-state index < -0.39 is 15.8 Å². The molecule has 0 atom stereocenters. The lowest BCUT2D eigenvalue weighted by Crippen LogP contribution is -2.14. The number of ether oxygens (including phenoxy) is 1. The van der Waals surface area contributed by atoms with Gasteiger partial charge in [0.05, 0.1) is 18.4 Å². The monoisotopic (exact) mass is 272 g/mol. The Hall–Kier alpha value is -1.56. The smallest absolute Gasteiger partial charge is 0.335 e. The van der Waals surface area contributed by atoms with E-state index in [-0.39, 0.29) is 27.9 Å². The average molecular weight is 272 g/mol. The lowest BCUT2D eigenvalue weighted by atomic mass is 10.2. The van der Waals surface area contributed by atoms with Gasteiger partial charge in [-0.25, -0.2) is 13.2 Å². The van der Waals surface area contributed by atoms with Crippen LogP contribution in [0.1, 0.15) is 24.2 Å². The molecule has 0 unspecified atom stereocenters. The molecule has 1 rings (SSSR count). The molecular formula is C12H16O5S. The maximum atomic E-state index is 12.1. The Kier molecular flexibility index (Phi) is 4.34. The number of methoxy groups -OCH3 is 1. The van der Waals surface area contributed by atoms with E-state index in [0.717, 1.165) is 6.07 Å². The van der Waals surface area contributed by atoms with E-state index in [1.54, 1.807) is 13.8 Å². The van der Waals surface area contributed by atoms with Crippen molar-refractivity contribution in [3.8, 4) is 5.75 Å². The fraction of sp³-hybridized carbons (Fsp3) is 0.417. The predicted octanol–water partition coefficient (Wildman–Crippen LogP) is 1.82. The summed E-state index contributed by atoms with van der Waals surface area (Å²) in [6.45, 7) is 3.57. The van der Waals surface area contributed by atoms with Crippen molar-refractivity contribution in [2.75, 3.05) is 12.9 Å². The third-order valence-electron chi connectivity index (χ3n) is 2.30. The molecule has 0 saturated heterocycles. The number of hydrogen-bond acceptors (Lipinski definition) is 4. The summed E-state index contributed by atoms with van der Waals surface area (Å²) < 4.78 is 29.2. The molecule has 18 heavy (non-hydrogen) atoms. The van der Waals surface area contributed by atoms with Crippen molar-refractivity contribution < 1.29 is 23.1 Å². The van der Waals surface area contributed by atoms with Gasteiger partial charge in [0.1, 0.15) is 10.6 Å². The van der Waals surface area contributed by atoms with Crippen LogP contribution in [0.25, 0.3) is 0 Å². The van der Waals surface area contributed by atoms with E-state index in [2.05, 4.69) is 0 Å². The van der Waals surface area contributed by atoms with E-state index in [1.165, 1.54) is 19.2 Å². The molecule has 1 aromatic carbocycles. The van der Waals surface area contributed by atoms with Crippen molar-refractivity contribution in [2.45, 2.75) is 18.7 Å².